The zero-order chi connectivity index (χ0) is 18.9. The molecule has 27 heavy (non-hydrogen) atoms. The van der Waals surface area contributed by atoms with Gasteiger partial charge >= 0.3 is 5.97 Å². The molecule has 2 aliphatic heterocycles. The highest BCUT2D eigenvalue weighted by molar-refractivity contribution is 5.94. The average Bonchev–Trinajstić information content (AvgIpc) is 2.95. The monoisotopic (exact) mass is 365 g/mol. The lowest BCUT2D eigenvalue weighted by atomic mass is 9.66. The number of benzene rings is 2. The van der Waals surface area contributed by atoms with E-state index in [9.17, 15) is 4.79 Å². The van der Waals surface area contributed by atoms with Crippen LogP contribution in [0, 0.1) is 5.41 Å². The van der Waals surface area contributed by atoms with Crippen molar-refractivity contribution in [2.24, 2.45) is 5.41 Å². The quantitative estimate of drug-likeness (QED) is 0.599. The SMILES string of the molecule is CC(C)(CN1CCOCC1)CC1(c2ccccc2)C(=O)Oc2ccccc21. The van der Waals surface area contributed by atoms with Crippen molar-refractivity contribution in [2.45, 2.75) is 25.7 Å². The number of carbonyl (C=O) groups excluding carboxylic acids is 1. The molecule has 1 fully saturated rings. The van der Waals surface area contributed by atoms with E-state index in [0.717, 1.165) is 44.0 Å². The third-order valence-corrected chi connectivity index (χ3v) is 5.66. The zero-order valence-electron chi connectivity index (χ0n) is 16.1. The van der Waals surface area contributed by atoms with Gasteiger partial charge in [0.05, 0.1) is 13.2 Å². The molecule has 2 aromatic rings. The van der Waals surface area contributed by atoms with Crippen LogP contribution in [-0.4, -0.2) is 43.7 Å². The molecular weight excluding hydrogens is 338 g/mol. The summed E-state index contributed by atoms with van der Waals surface area (Å²) in [6.45, 7) is 8.89. The van der Waals surface area contributed by atoms with Crippen molar-refractivity contribution in [3.63, 3.8) is 0 Å². The topological polar surface area (TPSA) is 38.8 Å². The highest BCUT2D eigenvalue weighted by Crippen LogP contribution is 2.50. The van der Waals surface area contributed by atoms with Crippen LogP contribution in [0.3, 0.4) is 0 Å². The van der Waals surface area contributed by atoms with Crippen molar-refractivity contribution in [3.05, 3.63) is 65.7 Å². The lowest BCUT2D eigenvalue weighted by Gasteiger charge is -2.39. The molecule has 1 saturated heterocycles. The molecule has 4 rings (SSSR count). The van der Waals surface area contributed by atoms with E-state index < -0.39 is 5.41 Å². The van der Waals surface area contributed by atoms with E-state index in [-0.39, 0.29) is 11.4 Å². The van der Waals surface area contributed by atoms with Crippen molar-refractivity contribution in [2.75, 3.05) is 32.8 Å². The van der Waals surface area contributed by atoms with Gasteiger partial charge in [-0.15, -0.1) is 0 Å². The summed E-state index contributed by atoms with van der Waals surface area (Å²) in [6, 6.07) is 17.9. The Morgan fingerprint density at radius 1 is 1.00 bits per heavy atom. The average molecular weight is 365 g/mol. The van der Waals surface area contributed by atoms with Crippen molar-refractivity contribution < 1.29 is 14.3 Å². The third kappa shape index (κ3) is 3.40. The minimum atomic E-state index is -0.756. The Morgan fingerprint density at radius 3 is 2.41 bits per heavy atom. The molecule has 4 nitrogen and oxygen atoms in total. The van der Waals surface area contributed by atoms with E-state index in [1.165, 1.54) is 0 Å². The largest absolute Gasteiger partial charge is 0.425 e. The Morgan fingerprint density at radius 2 is 1.67 bits per heavy atom. The summed E-state index contributed by atoms with van der Waals surface area (Å²) in [4.78, 5) is 15.7. The molecule has 1 atom stereocenters. The summed E-state index contributed by atoms with van der Waals surface area (Å²) in [7, 11) is 0. The molecule has 1 unspecified atom stereocenters. The van der Waals surface area contributed by atoms with Crippen LogP contribution < -0.4 is 4.74 Å². The maximum absolute atomic E-state index is 13.3. The Labute approximate surface area is 161 Å². The van der Waals surface area contributed by atoms with Crippen molar-refractivity contribution >= 4 is 5.97 Å². The Bertz CT molecular complexity index is 811. The summed E-state index contributed by atoms with van der Waals surface area (Å²) < 4.78 is 11.2. The van der Waals surface area contributed by atoms with E-state index in [1.54, 1.807) is 0 Å². The summed E-state index contributed by atoms with van der Waals surface area (Å²) in [5.74, 6) is 0.526. The minimum Gasteiger partial charge on any atom is -0.425 e. The van der Waals surface area contributed by atoms with Gasteiger partial charge in [0.25, 0.3) is 0 Å². The van der Waals surface area contributed by atoms with Gasteiger partial charge in [0.15, 0.2) is 0 Å². The number of esters is 1. The molecule has 0 aromatic heterocycles. The molecule has 2 heterocycles. The lowest BCUT2D eigenvalue weighted by molar-refractivity contribution is -0.138. The van der Waals surface area contributed by atoms with Gasteiger partial charge in [-0.2, -0.15) is 0 Å². The fraction of sp³-hybridized carbons (Fsp3) is 0.435. The number of rotatable bonds is 5. The van der Waals surface area contributed by atoms with Crippen LogP contribution in [-0.2, 0) is 14.9 Å². The van der Waals surface area contributed by atoms with Gasteiger partial charge < -0.3 is 9.47 Å². The first-order valence-corrected chi connectivity index (χ1v) is 9.69. The van der Waals surface area contributed by atoms with Gasteiger partial charge in [-0.25, -0.2) is 0 Å². The summed E-state index contributed by atoms with van der Waals surface area (Å²) in [5.41, 5.74) is 1.17. The van der Waals surface area contributed by atoms with Crippen LogP contribution in [0.2, 0.25) is 0 Å². The number of fused-ring (bicyclic) bond motifs is 1. The number of para-hydroxylation sites is 1. The van der Waals surface area contributed by atoms with E-state index in [1.807, 2.05) is 54.6 Å². The number of carbonyl (C=O) groups is 1. The van der Waals surface area contributed by atoms with Crippen LogP contribution in [0.4, 0.5) is 0 Å². The van der Waals surface area contributed by atoms with E-state index >= 15 is 0 Å². The van der Waals surface area contributed by atoms with Crippen LogP contribution in [0.1, 0.15) is 31.4 Å². The van der Waals surface area contributed by atoms with Crippen molar-refractivity contribution in [1.29, 1.82) is 0 Å². The zero-order valence-corrected chi connectivity index (χ0v) is 16.1. The van der Waals surface area contributed by atoms with Gasteiger partial charge in [-0.1, -0.05) is 62.4 Å². The van der Waals surface area contributed by atoms with Crippen LogP contribution in [0.5, 0.6) is 5.75 Å². The van der Waals surface area contributed by atoms with E-state index in [2.05, 4.69) is 18.7 Å². The summed E-state index contributed by atoms with van der Waals surface area (Å²) in [5, 5.41) is 0. The van der Waals surface area contributed by atoms with Crippen molar-refractivity contribution in [3.8, 4) is 5.75 Å². The molecular formula is C23H27NO3. The Balaban J connectivity index is 1.73. The van der Waals surface area contributed by atoms with E-state index in [0.29, 0.717) is 12.2 Å². The molecule has 2 aromatic carbocycles. The minimum absolute atomic E-state index is 0.0658. The molecule has 0 amide bonds. The molecule has 0 aliphatic carbocycles. The lowest BCUT2D eigenvalue weighted by Crippen LogP contribution is -2.46. The predicted octanol–water partition coefficient (Wildman–Crippen LogP) is 3.64. The Hall–Kier alpha value is -2.17. The first kappa shape index (κ1) is 18.2. The number of hydrogen-bond acceptors (Lipinski definition) is 4. The standard InChI is InChI=1S/C23H27NO3/c1-22(2,17-24-12-14-26-15-13-24)16-23(18-8-4-3-5-9-18)19-10-6-7-11-20(19)27-21(23)25/h3-11H,12-17H2,1-2H3. The summed E-state index contributed by atoms with van der Waals surface area (Å²) >= 11 is 0. The molecule has 0 spiro atoms. The van der Waals surface area contributed by atoms with Crippen LogP contribution in [0.25, 0.3) is 0 Å². The van der Waals surface area contributed by atoms with Crippen molar-refractivity contribution in [1.82, 2.24) is 4.90 Å². The molecule has 0 bridgehead atoms. The molecule has 0 radical (unpaired) electrons. The first-order chi connectivity index (χ1) is 13.0. The molecule has 0 N–H and O–H groups in total. The summed E-state index contributed by atoms with van der Waals surface area (Å²) in [6.07, 6.45) is 0.706. The molecule has 142 valence electrons. The smallest absolute Gasteiger partial charge is 0.326 e. The van der Waals surface area contributed by atoms with Gasteiger partial charge in [0.1, 0.15) is 11.2 Å². The fourth-order valence-corrected chi connectivity index (χ4v) is 4.61. The van der Waals surface area contributed by atoms with E-state index in [4.69, 9.17) is 9.47 Å². The van der Waals surface area contributed by atoms with Crippen LogP contribution >= 0.6 is 0 Å². The van der Waals surface area contributed by atoms with Gasteiger partial charge in [0.2, 0.25) is 0 Å². The molecule has 0 saturated carbocycles. The number of nitrogens with zero attached hydrogens (tertiary/aromatic N) is 1. The molecule has 2 aliphatic rings. The Kier molecular flexibility index (Phi) is 4.79. The number of ether oxygens (including phenoxy) is 2. The maximum atomic E-state index is 13.3. The van der Waals surface area contributed by atoms with Gasteiger partial charge in [0, 0.05) is 25.2 Å². The second kappa shape index (κ2) is 7.10. The second-order valence-corrected chi connectivity index (χ2v) is 8.39. The van der Waals surface area contributed by atoms with Gasteiger partial charge in [-0.05, 0) is 23.5 Å². The molecule has 4 heteroatoms. The maximum Gasteiger partial charge on any atom is 0.326 e. The third-order valence-electron chi connectivity index (χ3n) is 5.66. The second-order valence-electron chi connectivity index (χ2n) is 8.39. The van der Waals surface area contributed by atoms with Crippen LogP contribution in [0.15, 0.2) is 54.6 Å². The number of hydrogen-bond donors (Lipinski definition) is 0. The number of morpholine rings is 1. The fourth-order valence-electron chi connectivity index (χ4n) is 4.61. The predicted molar refractivity (Wildman–Crippen MR) is 105 cm³/mol. The van der Waals surface area contributed by atoms with Gasteiger partial charge in [-0.3, -0.25) is 9.69 Å². The normalized spacial score (nSPS) is 23.1. The first-order valence-electron chi connectivity index (χ1n) is 9.69. The highest BCUT2D eigenvalue weighted by Gasteiger charge is 2.53. The highest BCUT2D eigenvalue weighted by atomic mass is 16.5.